The second kappa shape index (κ2) is 8.20. The molecule has 0 aliphatic carbocycles. The summed E-state index contributed by atoms with van der Waals surface area (Å²) in [5, 5.41) is 5.86. The highest BCUT2D eigenvalue weighted by Gasteiger charge is 2.20. The normalized spacial score (nSPS) is 12.2. The molecule has 3 heteroatoms. The molecule has 0 amide bonds. The number of furan rings is 1. The average molecular weight is 459 g/mol. The van der Waals surface area contributed by atoms with Crippen molar-refractivity contribution in [2.75, 3.05) is 0 Å². The van der Waals surface area contributed by atoms with Gasteiger partial charge in [-0.2, -0.15) is 0 Å². The molecular formula is C32H30N2O. The van der Waals surface area contributed by atoms with Gasteiger partial charge in [0, 0.05) is 33.0 Å². The number of nitrogens with zero attached hydrogens (tertiary/aromatic N) is 2. The Kier molecular flexibility index (Phi) is 5.10. The van der Waals surface area contributed by atoms with E-state index in [4.69, 9.17) is 14.4 Å². The Labute approximate surface area is 205 Å². The molecule has 0 unspecified atom stereocenters. The molecule has 6 aromatic rings. The van der Waals surface area contributed by atoms with Gasteiger partial charge in [-0.15, -0.1) is 0 Å². The number of hydrogen-bond donors (Lipinski definition) is 0. The van der Waals surface area contributed by atoms with Crippen LogP contribution in [0.25, 0.3) is 54.9 Å². The molecule has 0 N–H and O–H groups in total. The van der Waals surface area contributed by atoms with Crippen molar-refractivity contribution in [2.24, 2.45) is 5.92 Å². The maximum absolute atomic E-state index is 6.47. The van der Waals surface area contributed by atoms with Gasteiger partial charge >= 0.3 is 0 Å². The topological polar surface area (TPSA) is 38.9 Å². The van der Waals surface area contributed by atoms with Gasteiger partial charge < -0.3 is 4.42 Å². The Morgan fingerprint density at radius 3 is 2.40 bits per heavy atom. The molecule has 35 heavy (non-hydrogen) atoms. The molecule has 0 fully saturated rings. The van der Waals surface area contributed by atoms with E-state index in [1.165, 1.54) is 21.9 Å². The lowest BCUT2D eigenvalue weighted by Gasteiger charge is -2.16. The molecule has 2 aromatic heterocycles. The van der Waals surface area contributed by atoms with Gasteiger partial charge in [0.05, 0.1) is 11.2 Å². The highest BCUT2D eigenvalue weighted by molar-refractivity contribution is 6.15. The van der Waals surface area contributed by atoms with Crippen LogP contribution in [0.2, 0.25) is 0 Å². The van der Waals surface area contributed by atoms with Crippen LogP contribution in [0, 0.1) is 12.8 Å². The maximum atomic E-state index is 6.47. The molecule has 0 radical (unpaired) electrons. The summed E-state index contributed by atoms with van der Waals surface area (Å²) in [6, 6.07) is 23.6. The predicted molar refractivity (Wildman–Crippen MR) is 147 cm³/mol. The van der Waals surface area contributed by atoms with Crippen molar-refractivity contribution >= 4 is 43.6 Å². The minimum absolute atomic E-state index is 0.210. The maximum Gasteiger partial charge on any atom is 0.145 e. The van der Waals surface area contributed by atoms with E-state index in [-0.39, 0.29) is 5.92 Å². The van der Waals surface area contributed by atoms with Gasteiger partial charge in [-0.25, -0.2) is 9.97 Å². The van der Waals surface area contributed by atoms with Crippen LogP contribution in [0.4, 0.5) is 0 Å². The zero-order valence-corrected chi connectivity index (χ0v) is 21.0. The Morgan fingerprint density at radius 2 is 1.60 bits per heavy atom. The second-order valence-corrected chi connectivity index (χ2v) is 10.4. The fourth-order valence-electron chi connectivity index (χ4n) is 5.31. The molecular weight excluding hydrogens is 428 g/mol. The lowest BCUT2D eigenvalue weighted by Crippen LogP contribution is -2.03. The average Bonchev–Trinajstić information content (AvgIpc) is 3.23. The van der Waals surface area contributed by atoms with Crippen LogP contribution in [0.3, 0.4) is 0 Å². The van der Waals surface area contributed by atoms with Crippen LogP contribution >= 0.6 is 0 Å². The van der Waals surface area contributed by atoms with Gasteiger partial charge in [0.15, 0.2) is 0 Å². The molecule has 0 saturated heterocycles. The Balaban J connectivity index is 1.76. The Morgan fingerprint density at radius 1 is 0.771 bits per heavy atom. The van der Waals surface area contributed by atoms with Crippen LogP contribution in [0.1, 0.15) is 50.6 Å². The van der Waals surface area contributed by atoms with Crippen LogP contribution in [0.15, 0.2) is 71.1 Å². The van der Waals surface area contributed by atoms with Gasteiger partial charge in [-0.05, 0) is 54.0 Å². The number of aromatic nitrogens is 2. The van der Waals surface area contributed by atoms with Crippen LogP contribution in [-0.4, -0.2) is 9.97 Å². The summed E-state index contributed by atoms with van der Waals surface area (Å²) in [4.78, 5) is 10.3. The van der Waals surface area contributed by atoms with Gasteiger partial charge in [-0.1, -0.05) is 76.2 Å². The first-order chi connectivity index (χ1) is 16.9. The smallest absolute Gasteiger partial charge is 0.145 e. The van der Waals surface area contributed by atoms with Crippen LogP contribution in [0.5, 0.6) is 0 Å². The van der Waals surface area contributed by atoms with Crippen molar-refractivity contribution in [1.82, 2.24) is 9.97 Å². The van der Waals surface area contributed by atoms with Crippen molar-refractivity contribution in [3.8, 4) is 11.3 Å². The van der Waals surface area contributed by atoms with Crippen molar-refractivity contribution in [2.45, 2.75) is 47.0 Å². The monoisotopic (exact) mass is 458 g/mol. The molecule has 174 valence electrons. The molecule has 0 saturated carbocycles. The number of fused-ring (bicyclic) bond motifs is 6. The van der Waals surface area contributed by atoms with E-state index in [2.05, 4.69) is 89.2 Å². The van der Waals surface area contributed by atoms with Crippen molar-refractivity contribution in [1.29, 1.82) is 0 Å². The first-order valence-electron chi connectivity index (χ1n) is 12.6. The number of aryl methyl sites for hydroxylation is 1. The molecule has 0 bridgehead atoms. The van der Waals surface area contributed by atoms with Crippen molar-refractivity contribution in [3.05, 3.63) is 83.7 Å². The standard InChI is InChI=1S/C32H30N2O/c1-18(2)17-22-10-8-9-21-14-16-24-29(33-32(19(3)4)34-30(24)28(21)22)25-15-13-20(5)27-23-11-6-7-12-26(23)35-31(25)27/h6-16,18-19H,17H2,1-5H3. The summed E-state index contributed by atoms with van der Waals surface area (Å²) in [6.07, 6.45) is 1.02. The zero-order chi connectivity index (χ0) is 24.3. The minimum atomic E-state index is 0.210. The molecule has 0 atom stereocenters. The number of hydrogen-bond acceptors (Lipinski definition) is 3. The minimum Gasteiger partial charge on any atom is -0.455 e. The third-order valence-electron chi connectivity index (χ3n) is 6.95. The highest BCUT2D eigenvalue weighted by atomic mass is 16.3. The van der Waals surface area contributed by atoms with Gasteiger partial charge in [0.1, 0.15) is 17.0 Å². The van der Waals surface area contributed by atoms with Crippen LogP contribution < -0.4 is 0 Å². The van der Waals surface area contributed by atoms with E-state index >= 15 is 0 Å². The molecule has 6 rings (SSSR count). The summed E-state index contributed by atoms with van der Waals surface area (Å²) in [7, 11) is 0. The van der Waals surface area contributed by atoms with E-state index in [1.54, 1.807) is 0 Å². The fourth-order valence-corrected chi connectivity index (χ4v) is 5.31. The molecule has 0 spiro atoms. The SMILES string of the molecule is Cc1ccc(-c2nc(C(C)C)nc3c2ccc2cccc(CC(C)C)c23)c2oc3ccccc3c12. The largest absolute Gasteiger partial charge is 0.455 e. The van der Waals surface area contributed by atoms with E-state index in [1.807, 2.05) is 12.1 Å². The van der Waals surface area contributed by atoms with E-state index in [9.17, 15) is 0 Å². The summed E-state index contributed by atoms with van der Waals surface area (Å²) < 4.78 is 6.47. The van der Waals surface area contributed by atoms with Gasteiger partial charge in [0.25, 0.3) is 0 Å². The first-order valence-corrected chi connectivity index (χ1v) is 12.6. The number of benzene rings is 4. The third kappa shape index (κ3) is 3.49. The zero-order valence-electron chi connectivity index (χ0n) is 21.0. The number of para-hydroxylation sites is 1. The van der Waals surface area contributed by atoms with E-state index < -0.39 is 0 Å². The first kappa shape index (κ1) is 21.8. The fraction of sp³-hybridized carbons (Fsp3) is 0.250. The second-order valence-electron chi connectivity index (χ2n) is 10.4. The highest BCUT2D eigenvalue weighted by Crippen LogP contribution is 2.41. The molecule has 4 aromatic carbocycles. The van der Waals surface area contributed by atoms with E-state index in [0.717, 1.165) is 56.3 Å². The summed E-state index contributed by atoms with van der Waals surface area (Å²) in [5.74, 6) is 1.64. The van der Waals surface area contributed by atoms with Crippen molar-refractivity contribution < 1.29 is 4.42 Å². The summed E-state index contributed by atoms with van der Waals surface area (Å²) in [6.45, 7) is 11.0. The summed E-state index contributed by atoms with van der Waals surface area (Å²) in [5.41, 5.74) is 7.38. The Hall–Kier alpha value is -3.72. The van der Waals surface area contributed by atoms with Gasteiger partial charge in [0.2, 0.25) is 0 Å². The molecule has 2 heterocycles. The van der Waals surface area contributed by atoms with Gasteiger partial charge in [-0.3, -0.25) is 0 Å². The van der Waals surface area contributed by atoms with Crippen LogP contribution in [-0.2, 0) is 6.42 Å². The lowest BCUT2D eigenvalue weighted by molar-refractivity contribution is 0.650. The third-order valence-corrected chi connectivity index (χ3v) is 6.95. The molecule has 3 nitrogen and oxygen atoms in total. The van der Waals surface area contributed by atoms with E-state index in [0.29, 0.717) is 5.92 Å². The van der Waals surface area contributed by atoms with Crippen molar-refractivity contribution in [3.63, 3.8) is 0 Å². The lowest BCUT2D eigenvalue weighted by atomic mass is 9.93. The predicted octanol–water partition coefficient (Wildman–Crippen LogP) is 8.98. The molecule has 0 aliphatic rings. The Bertz CT molecular complexity index is 1740. The quantitative estimate of drug-likeness (QED) is 0.247. The molecule has 0 aliphatic heterocycles. The number of rotatable bonds is 4. The summed E-state index contributed by atoms with van der Waals surface area (Å²) >= 11 is 0.